The molecular formula is C17H22N6O5S2. The molecular weight excluding hydrogens is 432 g/mol. The highest BCUT2D eigenvalue weighted by Gasteiger charge is 2.59. The van der Waals surface area contributed by atoms with Crippen LogP contribution >= 0.6 is 23.1 Å². The summed E-state index contributed by atoms with van der Waals surface area (Å²) >= 11 is 2.29. The van der Waals surface area contributed by atoms with E-state index in [1.54, 1.807) is 0 Å². The molecule has 0 bridgehead atoms. The topological polar surface area (TPSA) is 154 Å². The monoisotopic (exact) mass is 454 g/mol. The fourth-order valence-electron chi connectivity index (χ4n) is 3.62. The number of nitrogens with one attached hydrogen (secondary N) is 3. The Balaban J connectivity index is 1.40. The Morgan fingerprint density at radius 2 is 2.07 bits per heavy atom. The summed E-state index contributed by atoms with van der Waals surface area (Å²) in [4.78, 5) is 49.6. The first-order valence-electron chi connectivity index (χ1n) is 9.60. The number of amides is 3. The highest BCUT2D eigenvalue weighted by atomic mass is 32.2. The number of nitrogens with zero attached hydrogens (tertiary/aromatic N) is 3. The minimum absolute atomic E-state index is 0.0553. The first kappa shape index (κ1) is 21.0. The second-order valence-corrected chi connectivity index (χ2v) is 9.78. The Hall–Kier alpha value is -2.25. The Morgan fingerprint density at radius 3 is 2.70 bits per heavy atom. The number of carbonyl (C=O) groups is 4. The lowest BCUT2D eigenvalue weighted by Gasteiger charge is -2.53. The van der Waals surface area contributed by atoms with Crippen molar-refractivity contribution in [1.82, 2.24) is 25.7 Å². The molecule has 3 heterocycles. The molecule has 0 spiro atoms. The number of rotatable bonds is 7. The fraction of sp³-hybridized carbons (Fsp3) is 0.647. The van der Waals surface area contributed by atoms with Crippen molar-refractivity contribution >= 4 is 51.9 Å². The van der Waals surface area contributed by atoms with Crippen LogP contribution in [0.1, 0.15) is 31.2 Å². The van der Waals surface area contributed by atoms with Crippen molar-refractivity contribution in [3.05, 3.63) is 5.01 Å². The average molecular weight is 455 g/mol. The molecule has 4 N–H and O–H groups in total. The van der Waals surface area contributed by atoms with Crippen molar-refractivity contribution in [2.45, 2.75) is 49.1 Å². The smallest absolute Gasteiger partial charge is 0.319 e. The summed E-state index contributed by atoms with van der Waals surface area (Å²) in [6, 6.07) is -0.277. The van der Waals surface area contributed by atoms with Crippen LogP contribution in [0.25, 0.3) is 0 Å². The van der Waals surface area contributed by atoms with Crippen LogP contribution < -0.4 is 16.0 Å². The van der Waals surface area contributed by atoms with Crippen LogP contribution in [0, 0.1) is 0 Å². The molecule has 162 valence electrons. The molecule has 1 saturated carbocycles. The van der Waals surface area contributed by atoms with Gasteiger partial charge in [-0.2, -0.15) is 0 Å². The SMILES string of the molecule is CC(=O)Nc1nnc(C2(C(=O)O)CS[C@@H]3C(NC(=O)CNC4CCC4)C(=O)N3C2)s1. The number of anilines is 1. The van der Waals surface area contributed by atoms with E-state index in [9.17, 15) is 24.3 Å². The molecule has 2 unspecified atom stereocenters. The van der Waals surface area contributed by atoms with E-state index in [1.807, 2.05) is 0 Å². The first-order valence-corrected chi connectivity index (χ1v) is 11.5. The van der Waals surface area contributed by atoms with Crippen molar-refractivity contribution in [3.63, 3.8) is 0 Å². The van der Waals surface area contributed by atoms with Crippen molar-refractivity contribution in [2.24, 2.45) is 0 Å². The van der Waals surface area contributed by atoms with Gasteiger partial charge >= 0.3 is 5.97 Å². The third-order valence-corrected chi connectivity index (χ3v) is 8.15. The second kappa shape index (κ2) is 8.12. The average Bonchev–Trinajstić information content (AvgIpc) is 3.12. The van der Waals surface area contributed by atoms with Crippen molar-refractivity contribution < 1.29 is 24.3 Å². The first-order chi connectivity index (χ1) is 14.3. The van der Waals surface area contributed by atoms with Crippen LogP contribution in [0.2, 0.25) is 0 Å². The standard InChI is InChI=1S/C17H22N6O5S2/c1-8(24)19-16-22-21-14(30-16)17(15(27)28)6-23-12(26)11(13(23)29-7-17)20-10(25)5-18-9-3-2-4-9/h9,11,13,18H,2-7H2,1H3,(H,20,25)(H,27,28)(H,19,22,24)/t11?,13-,17?/m1/s1. The Kier molecular flexibility index (Phi) is 5.68. The minimum atomic E-state index is -1.41. The quantitative estimate of drug-likeness (QED) is 0.394. The van der Waals surface area contributed by atoms with Gasteiger partial charge in [-0.25, -0.2) is 0 Å². The van der Waals surface area contributed by atoms with Gasteiger partial charge in [0.25, 0.3) is 0 Å². The molecule has 1 aromatic rings. The maximum absolute atomic E-state index is 12.6. The molecule has 11 nitrogen and oxygen atoms in total. The van der Waals surface area contributed by atoms with Gasteiger partial charge < -0.3 is 26.0 Å². The summed E-state index contributed by atoms with van der Waals surface area (Å²) in [6.07, 6.45) is 3.29. The van der Waals surface area contributed by atoms with Crippen LogP contribution in [-0.4, -0.2) is 80.2 Å². The zero-order valence-electron chi connectivity index (χ0n) is 16.2. The maximum Gasteiger partial charge on any atom is 0.319 e. The van der Waals surface area contributed by atoms with Crippen molar-refractivity contribution in [2.75, 3.05) is 24.2 Å². The van der Waals surface area contributed by atoms with Gasteiger partial charge in [-0.1, -0.05) is 17.8 Å². The van der Waals surface area contributed by atoms with Crippen LogP contribution in [-0.2, 0) is 24.6 Å². The van der Waals surface area contributed by atoms with E-state index >= 15 is 0 Å². The van der Waals surface area contributed by atoms with Crippen LogP contribution in [0.5, 0.6) is 0 Å². The summed E-state index contributed by atoms with van der Waals surface area (Å²) in [5.74, 6) is -1.80. The fourth-order valence-corrected chi connectivity index (χ4v) is 6.21. The molecule has 3 aliphatic rings. The largest absolute Gasteiger partial charge is 0.480 e. The van der Waals surface area contributed by atoms with E-state index < -0.39 is 17.4 Å². The lowest BCUT2D eigenvalue weighted by Crippen LogP contribution is -2.74. The summed E-state index contributed by atoms with van der Waals surface area (Å²) in [5, 5.41) is 26.3. The van der Waals surface area contributed by atoms with E-state index in [0.29, 0.717) is 6.04 Å². The molecule has 3 atom stereocenters. The van der Waals surface area contributed by atoms with Gasteiger partial charge in [-0.3, -0.25) is 19.2 Å². The molecule has 30 heavy (non-hydrogen) atoms. The van der Waals surface area contributed by atoms with E-state index in [-0.39, 0.29) is 52.1 Å². The van der Waals surface area contributed by atoms with Gasteiger partial charge in [0.15, 0.2) is 0 Å². The molecule has 13 heteroatoms. The number of hydrogen-bond donors (Lipinski definition) is 4. The second-order valence-electron chi connectivity index (χ2n) is 7.70. The number of carboxylic acid groups (broad SMARTS) is 1. The Bertz CT molecular complexity index is 890. The van der Waals surface area contributed by atoms with Gasteiger partial charge in [0.05, 0.1) is 6.54 Å². The summed E-state index contributed by atoms with van der Waals surface area (Å²) in [6.45, 7) is 1.44. The number of hydrogen-bond acceptors (Lipinski definition) is 9. The molecule has 2 saturated heterocycles. The zero-order chi connectivity index (χ0) is 21.5. The highest BCUT2D eigenvalue weighted by molar-refractivity contribution is 8.00. The number of aliphatic carboxylic acids is 1. The maximum atomic E-state index is 12.6. The number of aromatic nitrogens is 2. The van der Waals surface area contributed by atoms with E-state index in [4.69, 9.17) is 0 Å². The number of β-lactam (4-membered cyclic amide) rings is 1. The van der Waals surface area contributed by atoms with Crippen LogP contribution in [0.3, 0.4) is 0 Å². The number of carboxylic acids is 1. The number of thioether (sulfide) groups is 1. The van der Waals surface area contributed by atoms with Crippen LogP contribution in [0.15, 0.2) is 0 Å². The number of carbonyl (C=O) groups excluding carboxylic acids is 3. The molecule has 4 rings (SSSR count). The Labute approximate surface area is 180 Å². The molecule has 0 aromatic carbocycles. The molecule has 1 aromatic heterocycles. The summed E-state index contributed by atoms with van der Waals surface area (Å²) in [5.41, 5.74) is -1.41. The van der Waals surface area contributed by atoms with Gasteiger partial charge in [0.2, 0.25) is 22.9 Å². The Morgan fingerprint density at radius 1 is 1.30 bits per heavy atom. The lowest BCUT2D eigenvalue weighted by molar-refractivity contribution is -0.154. The van der Waals surface area contributed by atoms with E-state index in [0.717, 1.165) is 24.2 Å². The van der Waals surface area contributed by atoms with Gasteiger partial charge in [0, 0.05) is 25.3 Å². The molecule has 1 aliphatic carbocycles. The lowest BCUT2D eigenvalue weighted by atomic mass is 9.88. The third kappa shape index (κ3) is 3.76. The summed E-state index contributed by atoms with van der Waals surface area (Å²) in [7, 11) is 0. The van der Waals surface area contributed by atoms with Gasteiger partial charge in [-0.05, 0) is 12.8 Å². The minimum Gasteiger partial charge on any atom is -0.480 e. The zero-order valence-corrected chi connectivity index (χ0v) is 17.8. The van der Waals surface area contributed by atoms with Gasteiger partial charge in [-0.15, -0.1) is 22.0 Å². The molecule has 3 fully saturated rings. The highest BCUT2D eigenvalue weighted by Crippen LogP contribution is 2.44. The predicted octanol–water partition coefficient (Wildman–Crippen LogP) is -0.639. The van der Waals surface area contributed by atoms with Crippen LogP contribution in [0.4, 0.5) is 5.13 Å². The third-order valence-electron chi connectivity index (χ3n) is 5.58. The van der Waals surface area contributed by atoms with Gasteiger partial charge in [0.1, 0.15) is 21.8 Å². The normalized spacial score (nSPS) is 28.2. The van der Waals surface area contributed by atoms with E-state index in [2.05, 4.69) is 26.1 Å². The number of fused-ring (bicyclic) bond motifs is 1. The molecule has 0 radical (unpaired) electrons. The molecule has 2 aliphatic heterocycles. The van der Waals surface area contributed by atoms with Crippen molar-refractivity contribution in [1.29, 1.82) is 0 Å². The van der Waals surface area contributed by atoms with E-state index in [1.165, 1.54) is 30.0 Å². The molecule has 3 amide bonds. The predicted molar refractivity (Wildman–Crippen MR) is 109 cm³/mol. The summed E-state index contributed by atoms with van der Waals surface area (Å²) < 4.78 is 0. The van der Waals surface area contributed by atoms with Crippen molar-refractivity contribution in [3.8, 4) is 0 Å².